The maximum absolute atomic E-state index is 13.3. The molecule has 1 nitrogen and oxygen atoms in total. The lowest BCUT2D eigenvalue weighted by molar-refractivity contribution is 0.610. The molecule has 0 unspecified atom stereocenters. The van der Waals surface area contributed by atoms with Crippen molar-refractivity contribution in [3.05, 3.63) is 63.9 Å². The Morgan fingerprint density at radius 3 is 2.67 bits per heavy atom. The molecule has 2 N–H and O–H groups in total. The van der Waals surface area contributed by atoms with Crippen LogP contribution in [0.3, 0.4) is 0 Å². The lowest BCUT2D eigenvalue weighted by Crippen LogP contribution is -2.00. The number of rotatable bonds is 4. The van der Waals surface area contributed by atoms with Crippen molar-refractivity contribution in [2.75, 3.05) is 0 Å². The Kier molecular flexibility index (Phi) is 4.80. The molecule has 2 aromatic carbocycles. The van der Waals surface area contributed by atoms with Crippen LogP contribution in [0.15, 0.2) is 51.8 Å². The highest BCUT2D eigenvalue weighted by Gasteiger charge is 2.04. The molecule has 0 aliphatic carbocycles. The Labute approximate surface area is 119 Å². The summed E-state index contributed by atoms with van der Waals surface area (Å²) in [5.74, 6) is 0.572. The van der Waals surface area contributed by atoms with Crippen molar-refractivity contribution in [1.82, 2.24) is 0 Å². The molecule has 0 atom stereocenters. The summed E-state index contributed by atoms with van der Waals surface area (Å²) in [5.41, 5.74) is 7.15. The molecule has 0 aromatic heterocycles. The minimum Gasteiger partial charge on any atom is -0.326 e. The smallest absolute Gasteiger partial charge is 0.127 e. The molecule has 2 aromatic rings. The van der Waals surface area contributed by atoms with E-state index in [1.807, 2.05) is 24.3 Å². The van der Waals surface area contributed by atoms with Crippen LogP contribution in [0.2, 0.25) is 0 Å². The third-order valence-electron chi connectivity index (χ3n) is 2.56. The summed E-state index contributed by atoms with van der Waals surface area (Å²) in [6, 6.07) is 13.2. The molecule has 18 heavy (non-hydrogen) atoms. The second-order valence-electron chi connectivity index (χ2n) is 3.85. The maximum Gasteiger partial charge on any atom is 0.127 e. The third kappa shape index (κ3) is 3.34. The number of hydrogen-bond acceptors (Lipinski definition) is 2. The summed E-state index contributed by atoms with van der Waals surface area (Å²) in [7, 11) is 0. The Bertz CT molecular complexity index is 545. The molecule has 0 radical (unpaired) electrons. The van der Waals surface area contributed by atoms with Crippen molar-refractivity contribution >= 4 is 27.7 Å². The van der Waals surface area contributed by atoms with E-state index >= 15 is 0 Å². The number of halogens is 2. The molecule has 0 heterocycles. The molecule has 0 spiro atoms. The molecule has 2 rings (SSSR count). The fourth-order valence-corrected chi connectivity index (χ4v) is 3.11. The lowest BCUT2D eigenvalue weighted by Gasteiger charge is -2.06. The normalized spacial score (nSPS) is 10.6. The first kappa shape index (κ1) is 13.6. The van der Waals surface area contributed by atoms with Gasteiger partial charge < -0.3 is 5.73 Å². The van der Waals surface area contributed by atoms with E-state index in [1.165, 1.54) is 11.0 Å². The van der Waals surface area contributed by atoms with Crippen LogP contribution in [0, 0.1) is 5.82 Å². The highest BCUT2D eigenvalue weighted by atomic mass is 79.9. The molecule has 0 bridgehead atoms. The molecule has 0 saturated carbocycles. The predicted octanol–water partition coefficient (Wildman–Crippen LogP) is 4.34. The van der Waals surface area contributed by atoms with Crippen LogP contribution >= 0.6 is 27.7 Å². The third-order valence-corrected chi connectivity index (χ3v) is 4.66. The standard InChI is InChI=1S/C14H13BrFNS/c15-12-3-1-2-4-14(12)18-9-10-5-6-13(16)11(7-10)8-17/h1-7H,8-9,17H2. The molecule has 0 aliphatic heterocycles. The number of thioether (sulfide) groups is 1. The van der Waals surface area contributed by atoms with Gasteiger partial charge >= 0.3 is 0 Å². The van der Waals surface area contributed by atoms with Gasteiger partial charge in [-0.2, -0.15) is 0 Å². The van der Waals surface area contributed by atoms with Crippen LogP contribution < -0.4 is 5.73 Å². The van der Waals surface area contributed by atoms with Crippen molar-refractivity contribution in [1.29, 1.82) is 0 Å². The molecule has 94 valence electrons. The lowest BCUT2D eigenvalue weighted by atomic mass is 10.1. The summed E-state index contributed by atoms with van der Waals surface area (Å²) in [5, 5.41) is 0. The van der Waals surface area contributed by atoms with E-state index in [1.54, 1.807) is 17.8 Å². The van der Waals surface area contributed by atoms with E-state index in [9.17, 15) is 4.39 Å². The number of nitrogens with two attached hydrogens (primary N) is 1. The Hall–Kier alpha value is -0.840. The van der Waals surface area contributed by atoms with Crippen molar-refractivity contribution in [2.24, 2.45) is 5.73 Å². The van der Waals surface area contributed by atoms with Crippen LogP contribution in [0.5, 0.6) is 0 Å². The second-order valence-corrected chi connectivity index (χ2v) is 5.72. The Balaban J connectivity index is 2.09. The largest absolute Gasteiger partial charge is 0.326 e. The quantitative estimate of drug-likeness (QED) is 0.846. The Morgan fingerprint density at radius 2 is 1.94 bits per heavy atom. The first-order valence-corrected chi connectivity index (χ1v) is 7.33. The summed E-state index contributed by atoms with van der Waals surface area (Å²) in [4.78, 5) is 1.18. The minimum atomic E-state index is -0.229. The first-order valence-electron chi connectivity index (χ1n) is 5.55. The van der Waals surface area contributed by atoms with Gasteiger partial charge in [-0.25, -0.2) is 4.39 Å². The molecular formula is C14H13BrFNS. The fourth-order valence-electron chi connectivity index (χ4n) is 1.60. The zero-order valence-corrected chi connectivity index (χ0v) is 12.1. The minimum absolute atomic E-state index is 0.229. The van der Waals surface area contributed by atoms with Gasteiger partial charge in [0.25, 0.3) is 0 Å². The van der Waals surface area contributed by atoms with Crippen LogP contribution in [0.1, 0.15) is 11.1 Å². The van der Waals surface area contributed by atoms with Gasteiger partial charge in [-0.15, -0.1) is 11.8 Å². The molecule has 0 amide bonds. The van der Waals surface area contributed by atoms with Gasteiger partial charge in [-0.1, -0.05) is 24.3 Å². The highest BCUT2D eigenvalue weighted by Crippen LogP contribution is 2.30. The topological polar surface area (TPSA) is 26.0 Å². The van der Waals surface area contributed by atoms with Crippen molar-refractivity contribution < 1.29 is 4.39 Å². The average molecular weight is 326 g/mol. The van der Waals surface area contributed by atoms with Gasteiger partial charge in [0.15, 0.2) is 0 Å². The van der Waals surface area contributed by atoms with Crippen LogP contribution in [-0.4, -0.2) is 0 Å². The summed E-state index contributed by atoms with van der Waals surface area (Å²) in [6.07, 6.45) is 0. The van der Waals surface area contributed by atoms with Crippen LogP contribution in [0.25, 0.3) is 0 Å². The zero-order chi connectivity index (χ0) is 13.0. The summed E-state index contributed by atoms with van der Waals surface area (Å²) in [6.45, 7) is 0.235. The summed E-state index contributed by atoms with van der Waals surface area (Å²) >= 11 is 5.22. The predicted molar refractivity (Wildman–Crippen MR) is 78.0 cm³/mol. The van der Waals surface area contributed by atoms with Crippen LogP contribution in [-0.2, 0) is 12.3 Å². The van der Waals surface area contributed by atoms with Crippen molar-refractivity contribution in [3.8, 4) is 0 Å². The van der Waals surface area contributed by atoms with Crippen LogP contribution in [0.4, 0.5) is 4.39 Å². The van der Waals surface area contributed by atoms with Crippen molar-refractivity contribution in [2.45, 2.75) is 17.2 Å². The van der Waals surface area contributed by atoms with Crippen molar-refractivity contribution in [3.63, 3.8) is 0 Å². The number of benzene rings is 2. The van der Waals surface area contributed by atoms with Gasteiger partial charge in [-0.05, 0) is 39.7 Å². The molecule has 0 fully saturated rings. The fraction of sp³-hybridized carbons (Fsp3) is 0.143. The second kappa shape index (κ2) is 6.36. The van der Waals surface area contributed by atoms with E-state index in [-0.39, 0.29) is 12.4 Å². The van der Waals surface area contributed by atoms with E-state index < -0.39 is 0 Å². The zero-order valence-electron chi connectivity index (χ0n) is 9.70. The Morgan fingerprint density at radius 1 is 1.17 bits per heavy atom. The van der Waals surface area contributed by atoms with E-state index in [0.717, 1.165) is 15.8 Å². The summed E-state index contributed by atoms with van der Waals surface area (Å²) < 4.78 is 14.4. The number of hydrogen-bond donors (Lipinski definition) is 1. The van der Waals surface area contributed by atoms with Gasteiger partial charge in [0.05, 0.1) is 0 Å². The molecule has 4 heteroatoms. The average Bonchev–Trinajstić information content (AvgIpc) is 2.39. The van der Waals surface area contributed by atoms with E-state index in [2.05, 4.69) is 22.0 Å². The van der Waals surface area contributed by atoms with Gasteiger partial charge in [0.2, 0.25) is 0 Å². The maximum atomic E-state index is 13.3. The SMILES string of the molecule is NCc1cc(CSc2ccccc2Br)ccc1F. The molecular weight excluding hydrogens is 313 g/mol. The molecule has 0 saturated heterocycles. The van der Waals surface area contributed by atoms with Gasteiger partial charge in [0.1, 0.15) is 5.82 Å². The van der Waals surface area contributed by atoms with E-state index in [4.69, 9.17) is 5.73 Å². The van der Waals surface area contributed by atoms with E-state index in [0.29, 0.717) is 5.56 Å². The first-order chi connectivity index (χ1) is 8.70. The highest BCUT2D eigenvalue weighted by molar-refractivity contribution is 9.10. The molecule has 0 aliphatic rings. The van der Waals surface area contributed by atoms with Gasteiger partial charge in [-0.3, -0.25) is 0 Å². The monoisotopic (exact) mass is 325 g/mol. The van der Waals surface area contributed by atoms with Gasteiger partial charge in [0, 0.05) is 27.2 Å².